The van der Waals surface area contributed by atoms with E-state index in [1.807, 2.05) is 0 Å². The molecule has 88 valence electrons. The summed E-state index contributed by atoms with van der Waals surface area (Å²) < 4.78 is 36.3. The molecule has 0 heterocycles. The number of carbonyl (C=O) groups is 1. The van der Waals surface area contributed by atoms with Crippen molar-refractivity contribution in [2.75, 3.05) is 5.75 Å². The summed E-state index contributed by atoms with van der Waals surface area (Å²) in [4.78, 5) is 11.1. The number of hydrogen-bond donors (Lipinski definition) is 0. The molecule has 0 amide bonds. The van der Waals surface area contributed by atoms with Crippen LogP contribution in [0.5, 0.6) is 0 Å². The number of sulfone groups is 1. The second-order valence-corrected chi connectivity index (χ2v) is 5.62. The van der Waals surface area contributed by atoms with Gasteiger partial charge in [0.15, 0.2) is 15.6 Å². The van der Waals surface area contributed by atoms with E-state index < -0.39 is 21.8 Å². The molecule has 0 bridgehead atoms. The maximum Gasteiger partial charge on any atom is 0.181 e. The third kappa shape index (κ3) is 2.88. The van der Waals surface area contributed by atoms with Gasteiger partial charge in [-0.3, -0.25) is 4.79 Å². The van der Waals surface area contributed by atoms with Gasteiger partial charge < -0.3 is 0 Å². The van der Waals surface area contributed by atoms with Crippen LogP contribution in [0.15, 0.2) is 29.2 Å². The molecule has 1 unspecified atom stereocenters. The minimum Gasteiger partial charge on any atom is -0.294 e. The Morgan fingerprint density at radius 1 is 1.38 bits per heavy atom. The smallest absolute Gasteiger partial charge is 0.181 e. The zero-order valence-corrected chi connectivity index (χ0v) is 9.92. The van der Waals surface area contributed by atoms with Crippen LogP contribution >= 0.6 is 0 Å². The van der Waals surface area contributed by atoms with Crippen LogP contribution in [0.2, 0.25) is 0 Å². The van der Waals surface area contributed by atoms with Crippen molar-refractivity contribution in [1.82, 2.24) is 0 Å². The predicted octanol–water partition coefficient (Wildman–Crippen LogP) is 2.02. The molecule has 16 heavy (non-hydrogen) atoms. The van der Waals surface area contributed by atoms with E-state index in [-0.39, 0.29) is 16.2 Å². The summed E-state index contributed by atoms with van der Waals surface area (Å²) in [6, 6.07) is 5.85. The number of benzene rings is 1. The van der Waals surface area contributed by atoms with Crippen molar-refractivity contribution in [2.45, 2.75) is 24.9 Å². The highest BCUT2D eigenvalue weighted by molar-refractivity contribution is 7.91. The minimum atomic E-state index is -3.73. The Bertz CT molecular complexity index is 492. The lowest BCUT2D eigenvalue weighted by Gasteiger charge is -2.08. The van der Waals surface area contributed by atoms with Crippen molar-refractivity contribution in [3.05, 3.63) is 29.8 Å². The number of carbonyl (C=O) groups excluding carboxylic acids is 1. The van der Waals surface area contributed by atoms with E-state index in [0.29, 0.717) is 0 Å². The van der Waals surface area contributed by atoms with Gasteiger partial charge in [0.25, 0.3) is 0 Å². The van der Waals surface area contributed by atoms with Crippen LogP contribution in [-0.4, -0.2) is 26.1 Å². The zero-order chi connectivity index (χ0) is 12.3. The molecule has 0 N–H and O–H groups in total. The molecule has 0 aliphatic heterocycles. The van der Waals surface area contributed by atoms with Crippen molar-refractivity contribution in [3.8, 4) is 0 Å². The first-order valence-electron chi connectivity index (χ1n) is 4.81. The first-order chi connectivity index (χ1) is 7.34. The number of hydrogen-bond acceptors (Lipinski definition) is 3. The summed E-state index contributed by atoms with van der Waals surface area (Å²) in [5.74, 6) is -0.942. The summed E-state index contributed by atoms with van der Waals surface area (Å²) in [5.41, 5.74) is 0.114. The molecule has 0 aliphatic carbocycles. The average molecular weight is 244 g/mol. The third-order valence-electron chi connectivity index (χ3n) is 2.05. The first-order valence-corrected chi connectivity index (χ1v) is 6.46. The van der Waals surface area contributed by atoms with Crippen LogP contribution in [-0.2, 0) is 9.84 Å². The quantitative estimate of drug-likeness (QED) is 0.761. The lowest BCUT2D eigenvalue weighted by atomic mass is 10.1. The summed E-state index contributed by atoms with van der Waals surface area (Å²) in [6.45, 7) is 2.46. The summed E-state index contributed by atoms with van der Waals surface area (Å²) in [7, 11) is -3.73. The van der Waals surface area contributed by atoms with Crippen LogP contribution in [0.25, 0.3) is 0 Å². The van der Waals surface area contributed by atoms with Crippen molar-refractivity contribution < 1.29 is 17.6 Å². The monoisotopic (exact) mass is 244 g/mol. The Morgan fingerprint density at radius 3 is 2.44 bits per heavy atom. The Morgan fingerprint density at radius 2 is 1.94 bits per heavy atom. The van der Waals surface area contributed by atoms with Crippen LogP contribution in [0.4, 0.5) is 4.39 Å². The SMILES string of the molecule is CC(=O)c1ccccc1S(=O)(=O)CC(C)F. The average Bonchev–Trinajstić information content (AvgIpc) is 2.15. The molecule has 0 fully saturated rings. The lowest BCUT2D eigenvalue weighted by molar-refractivity contribution is 0.101. The van der Waals surface area contributed by atoms with Crippen LogP contribution < -0.4 is 0 Å². The lowest BCUT2D eigenvalue weighted by Crippen LogP contribution is -2.17. The van der Waals surface area contributed by atoms with Gasteiger partial charge in [-0.25, -0.2) is 12.8 Å². The normalized spacial score (nSPS) is 13.4. The van der Waals surface area contributed by atoms with Gasteiger partial charge in [-0.05, 0) is 19.9 Å². The van der Waals surface area contributed by atoms with E-state index >= 15 is 0 Å². The fourth-order valence-electron chi connectivity index (χ4n) is 1.42. The van der Waals surface area contributed by atoms with E-state index in [0.717, 1.165) is 0 Å². The molecule has 0 saturated carbocycles. The molecule has 0 aromatic heterocycles. The Balaban J connectivity index is 3.28. The second-order valence-electron chi connectivity index (χ2n) is 3.61. The Kier molecular flexibility index (Phi) is 3.80. The maximum atomic E-state index is 12.8. The standard InChI is InChI=1S/C11H13FO3S/c1-8(12)7-16(14,15)11-6-4-3-5-10(11)9(2)13/h3-6,8H,7H2,1-2H3. The van der Waals surface area contributed by atoms with Gasteiger partial charge >= 0.3 is 0 Å². The second kappa shape index (κ2) is 4.74. The van der Waals surface area contributed by atoms with E-state index in [1.165, 1.54) is 32.0 Å². The number of halogens is 1. The third-order valence-corrected chi connectivity index (χ3v) is 3.97. The van der Waals surface area contributed by atoms with E-state index in [9.17, 15) is 17.6 Å². The molecule has 0 spiro atoms. The summed E-state index contributed by atoms with van der Waals surface area (Å²) in [5, 5.41) is 0. The molecular formula is C11H13FO3S. The molecule has 0 saturated heterocycles. The minimum absolute atomic E-state index is 0.0907. The van der Waals surface area contributed by atoms with Crippen LogP contribution in [0.1, 0.15) is 24.2 Å². The van der Waals surface area contributed by atoms with Gasteiger partial charge in [-0.1, -0.05) is 18.2 Å². The van der Waals surface area contributed by atoms with Gasteiger partial charge in [0.05, 0.1) is 10.6 Å². The first kappa shape index (κ1) is 12.8. The number of ketones is 1. The number of rotatable bonds is 4. The summed E-state index contributed by atoms with van der Waals surface area (Å²) >= 11 is 0. The topological polar surface area (TPSA) is 51.2 Å². The highest BCUT2D eigenvalue weighted by atomic mass is 32.2. The highest BCUT2D eigenvalue weighted by Crippen LogP contribution is 2.18. The fourth-order valence-corrected chi connectivity index (χ4v) is 3.04. The molecule has 5 heteroatoms. The molecule has 1 atom stereocenters. The van der Waals surface area contributed by atoms with Gasteiger partial charge in [0.2, 0.25) is 0 Å². The molecular weight excluding hydrogens is 231 g/mol. The van der Waals surface area contributed by atoms with Crippen LogP contribution in [0, 0.1) is 0 Å². The van der Waals surface area contributed by atoms with E-state index in [2.05, 4.69) is 0 Å². The summed E-state index contributed by atoms with van der Waals surface area (Å²) in [6.07, 6.45) is -1.45. The van der Waals surface area contributed by atoms with Gasteiger partial charge in [0.1, 0.15) is 6.17 Å². The van der Waals surface area contributed by atoms with Gasteiger partial charge in [-0.2, -0.15) is 0 Å². The van der Waals surface area contributed by atoms with Gasteiger partial charge in [-0.15, -0.1) is 0 Å². The van der Waals surface area contributed by atoms with E-state index in [4.69, 9.17) is 0 Å². The highest BCUT2D eigenvalue weighted by Gasteiger charge is 2.22. The maximum absolute atomic E-state index is 12.8. The van der Waals surface area contributed by atoms with Crippen molar-refractivity contribution in [1.29, 1.82) is 0 Å². The molecule has 3 nitrogen and oxygen atoms in total. The Labute approximate surface area is 94.2 Å². The van der Waals surface area contributed by atoms with Gasteiger partial charge in [0, 0.05) is 5.56 Å². The number of Topliss-reactive ketones (excluding diaryl/α,β-unsaturated/α-hetero) is 1. The van der Waals surface area contributed by atoms with E-state index in [1.54, 1.807) is 6.07 Å². The zero-order valence-electron chi connectivity index (χ0n) is 9.10. The van der Waals surface area contributed by atoms with Crippen molar-refractivity contribution in [2.24, 2.45) is 0 Å². The number of alkyl halides is 1. The molecule has 1 rings (SSSR count). The Hall–Kier alpha value is -1.23. The largest absolute Gasteiger partial charge is 0.294 e. The molecule has 0 aliphatic rings. The van der Waals surface area contributed by atoms with Crippen LogP contribution in [0.3, 0.4) is 0 Å². The molecule has 1 aromatic carbocycles. The van der Waals surface area contributed by atoms with Crippen molar-refractivity contribution in [3.63, 3.8) is 0 Å². The molecule has 0 radical (unpaired) electrons. The fraction of sp³-hybridized carbons (Fsp3) is 0.364. The predicted molar refractivity (Wildman–Crippen MR) is 59.1 cm³/mol. The molecule has 1 aromatic rings. The van der Waals surface area contributed by atoms with Crippen molar-refractivity contribution >= 4 is 15.6 Å².